The van der Waals surface area contributed by atoms with Crippen molar-refractivity contribution in [2.24, 2.45) is 0 Å². The summed E-state index contributed by atoms with van der Waals surface area (Å²) >= 11 is 1.67. The highest BCUT2D eigenvalue weighted by molar-refractivity contribution is 7.09. The summed E-state index contributed by atoms with van der Waals surface area (Å²) in [5, 5.41) is 3.12. The quantitative estimate of drug-likeness (QED) is 0.807. The molecule has 0 aliphatic heterocycles. The van der Waals surface area contributed by atoms with Crippen molar-refractivity contribution in [1.29, 1.82) is 0 Å². The minimum Gasteiger partial charge on any atom is -0.493 e. The maximum absolute atomic E-state index is 5.68. The Bertz CT molecular complexity index is 451. The third-order valence-electron chi connectivity index (χ3n) is 2.55. The Kier molecular flexibility index (Phi) is 3.57. The van der Waals surface area contributed by atoms with Crippen molar-refractivity contribution in [2.75, 3.05) is 6.61 Å². The van der Waals surface area contributed by atoms with E-state index in [1.165, 1.54) is 11.1 Å². The molecule has 0 amide bonds. The Morgan fingerprint density at radius 2 is 2.12 bits per heavy atom. The molecule has 0 spiro atoms. The van der Waals surface area contributed by atoms with Gasteiger partial charge in [0.25, 0.3) is 0 Å². The number of nitrogens with zero attached hydrogens (tertiary/aromatic N) is 1. The Morgan fingerprint density at radius 3 is 2.81 bits per heavy atom. The standard InChI is InChI=1S/C13H15NOS/c1-10-3-4-12(9-11(10)2)15-7-5-13-14-6-8-16-13/h3-4,6,8-9H,5,7H2,1-2H3. The maximum Gasteiger partial charge on any atom is 0.119 e. The van der Waals surface area contributed by atoms with Crippen molar-refractivity contribution in [3.63, 3.8) is 0 Å². The van der Waals surface area contributed by atoms with Gasteiger partial charge in [-0.3, -0.25) is 0 Å². The highest BCUT2D eigenvalue weighted by Crippen LogP contribution is 2.16. The molecule has 1 heterocycles. The van der Waals surface area contributed by atoms with Crippen molar-refractivity contribution in [1.82, 2.24) is 4.98 Å². The van der Waals surface area contributed by atoms with Gasteiger partial charge in [-0.1, -0.05) is 6.07 Å². The first kappa shape index (κ1) is 11.1. The maximum atomic E-state index is 5.68. The van der Waals surface area contributed by atoms with Crippen LogP contribution in [0.2, 0.25) is 0 Å². The van der Waals surface area contributed by atoms with Crippen LogP contribution in [0.5, 0.6) is 5.75 Å². The largest absolute Gasteiger partial charge is 0.493 e. The van der Waals surface area contributed by atoms with Gasteiger partial charge in [0.05, 0.1) is 11.6 Å². The number of hydrogen-bond acceptors (Lipinski definition) is 3. The van der Waals surface area contributed by atoms with Gasteiger partial charge in [0.15, 0.2) is 0 Å². The molecule has 2 aromatic rings. The lowest BCUT2D eigenvalue weighted by atomic mass is 10.1. The Morgan fingerprint density at radius 1 is 1.25 bits per heavy atom. The average molecular weight is 233 g/mol. The number of aryl methyl sites for hydroxylation is 2. The second-order valence-electron chi connectivity index (χ2n) is 3.77. The van der Waals surface area contributed by atoms with E-state index in [2.05, 4.69) is 31.0 Å². The SMILES string of the molecule is Cc1ccc(OCCc2nccs2)cc1C. The smallest absolute Gasteiger partial charge is 0.119 e. The van der Waals surface area contributed by atoms with E-state index in [1.807, 2.05) is 17.6 Å². The molecule has 0 radical (unpaired) electrons. The van der Waals surface area contributed by atoms with Gasteiger partial charge >= 0.3 is 0 Å². The van der Waals surface area contributed by atoms with Gasteiger partial charge in [0, 0.05) is 18.0 Å². The van der Waals surface area contributed by atoms with Crippen LogP contribution in [0.4, 0.5) is 0 Å². The van der Waals surface area contributed by atoms with Crippen molar-refractivity contribution in [3.8, 4) is 5.75 Å². The molecule has 0 aliphatic carbocycles. The third-order valence-corrected chi connectivity index (χ3v) is 3.39. The number of rotatable bonds is 4. The van der Waals surface area contributed by atoms with Gasteiger partial charge in [-0.2, -0.15) is 0 Å². The topological polar surface area (TPSA) is 22.1 Å². The summed E-state index contributed by atoms with van der Waals surface area (Å²) in [7, 11) is 0. The summed E-state index contributed by atoms with van der Waals surface area (Å²) in [6.07, 6.45) is 2.71. The minimum absolute atomic E-state index is 0.690. The van der Waals surface area contributed by atoms with Gasteiger partial charge in [-0.15, -0.1) is 11.3 Å². The van der Waals surface area contributed by atoms with Crippen molar-refractivity contribution in [2.45, 2.75) is 20.3 Å². The molecule has 1 aromatic carbocycles. The summed E-state index contributed by atoms with van der Waals surface area (Å²) in [4.78, 5) is 4.22. The molecule has 84 valence electrons. The molecule has 0 aliphatic rings. The summed E-state index contributed by atoms with van der Waals surface area (Å²) in [5.41, 5.74) is 2.57. The molecule has 3 heteroatoms. The van der Waals surface area contributed by atoms with Crippen LogP contribution in [0.3, 0.4) is 0 Å². The van der Waals surface area contributed by atoms with Crippen molar-refractivity contribution < 1.29 is 4.74 Å². The normalized spacial score (nSPS) is 10.4. The van der Waals surface area contributed by atoms with Crippen LogP contribution >= 0.6 is 11.3 Å². The zero-order chi connectivity index (χ0) is 11.4. The summed E-state index contributed by atoms with van der Waals surface area (Å²) < 4.78 is 5.68. The average Bonchev–Trinajstić information content (AvgIpc) is 2.76. The Labute approximate surface area is 99.9 Å². The van der Waals surface area contributed by atoms with Gasteiger partial charge in [-0.25, -0.2) is 4.98 Å². The molecular formula is C13H15NOS. The van der Waals surface area contributed by atoms with Crippen LogP contribution in [0.15, 0.2) is 29.8 Å². The lowest BCUT2D eigenvalue weighted by molar-refractivity contribution is 0.321. The third kappa shape index (κ3) is 2.83. The van der Waals surface area contributed by atoms with Gasteiger partial charge in [0.2, 0.25) is 0 Å². The van der Waals surface area contributed by atoms with Crippen LogP contribution in [-0.4, -0.2) is 11.6 Å². The highest BCUT2D eigenvalue weighted by Gasteiger charge is 1.99. The van der Waals surface area contributed by atoms with E-state index in [0.29, 0.717) is 6.61 Å². The first-order valence-corrected chi connectivity index (χ1v) is 6.22. The van der Waals surface area contributed by atoms with E-state index >= 15 is 0 Å². The summed E-state index contributed by atoms with van der Waals surface area (Å²) in [6, 6.07) is 6.19. The second kappa shape index (κ2) is 5.12. The van der Waals surface area contributed by atoms with Crippen LogP contribution in [0.25, 0.3) is 0 Å². The molecule has 0 saturated carbocycles. The van der Waals surface area contributed by atoms with Crippen molar-refractivity contribution in [3.05, 3.63) is 45.9 Å². The fourth-order valence-corrected chi connectivity index (χ4v) is 2.04. The zero-order valence-electron chi connectivity index (χ0n) is 9.56. The van der Waals surface area contributed by atoms with E-state index in [1.54, 1.807) is 11.3 Å². The molecule has 0 atom stereocenters. The monoisotopic (exact) mass is 233 g/mol. The van der Waals surface area contributed by atoms with Crippen molar-refractivity contribution >= 4 is 11.3 Å². The molecule has 0 bridgehead atoms. The predicted molar refractivity (Wildman–Crippen MR) is 67.2 cm³/mol. The Balaban J connectivity index is 1.87. The fourth-order valence-electron chi connectivity index (χ4n) is 1.44. The molecule has 0 unspecified atom stereocenters. The zero-order valence-corrected chi connectivity index (χ0v) is 10.4. The van der Waals surface area contributed by atoms with E-state index < -0.39 is 0 Å². The number of aromatic nitrogens is 1. The molecular weight excluding hydrogens is 218 g/mol. The highest BCUT2D eigenvalue weighted by atomic mass is 32.1. The van der Waals surface area contributed by atoms with Gasteiger partial charge in [0.1, 0.15) is 5.75 Å². The molecule has 2 rings (SSSR count). The van der Waals surface area contributed by atoms with E-state index in [9.17, 15) is 0 Å². The number of ether oxygens (including phenoxy) is 1. The van der Waals surface area contributed by atoms with Gasteiger partial charge < -0.3 is 4.74 Å². The van der Waals surface area contributed by atoms with Crippen LogP contribution < -0.4 is 4.74 Å². The second-order valence-corrected chi connectivity index (χ2v) is 4.75. The molecule has 0 saturated heterocycles. The van der Waals surface area contributed by atoms with Crippen LogP contribution in [0.1, 0.15) is 16.1 Å². The summed E-state index contributed by atoms with van der Waals surface area (Å²) in [5.74, 6) is 0.944. The summed E-state index contributed by atoms with van der Waals surface area (Å²) in [6.45, 7) is 4.90. The van der Waals surface area contributed by atoms with Gasteiger partial charge in [-0.05, 0) is 37.1 Å². The molecule has 16 heavy (non-hydrogen) atoms. The molecule has 2 nitrogen and oxygen atoms in total. The fraction of sp³-hybridized carbons (Fsp3) is 0.308. The van der Waals surface area contributed by atoms with E-state index in [4.69, 9.17) is 4.74 Å². The van der Waals surface area contributed by atoms with E-state index in [0.717, 1.165) is 17.2 Å². The minimum atomic E-state index is 0.690. The molecule has 1 aromatic heterocycles. The number of thiazole rings is 1. The van der Waals surface area contributed by atoms with Crippen LogP contribution in [0, 0.1) is 13.8 Å². The Hall–Kier alpha value is -1.35. The number of benzene rings is 1. The number of hydrogen-bond donors (Lipinski definition) is 0. The lowest BCUT2D eigenvalue weighted by Crippen LogP contribution is -2.01. The van der Waals surface area contributed by atoms with E-state index in [-0.39, 0.29) is 0 Å². The molecule has 0 N–H and O–H groups in total. The first-order chi connectivity index (χ1) is 7.75. The lowest BCUT2D eigenvalue weighted by Gasteiger charge is -2.07. The first-order valence-electron chi connectivity index (χ1n) is 5.34. The predicted octanol–water partition coefficient (Wildman–Crippen LogP) is 3.38. The molecule has 0 fully saturated rings. The van der Waals surface area contributed by atoms with Crippen LogP contribution in [-0.2, 0) is 6.42 Å².